The third-order valence-corrected chi connectivity index (χ3v) is 9.84. The average Bonchev–Trinajstić information content (AvgIpc) is 3.29. The Kier molecular flexibility index (Phi) is 7.48. The summed E-state index contributed by atoms with van der Waals surface area (Å²) in [6.45, 7) is 0. The van der Waals surface area contributed by atoms with Gasteiger partial charge in [0.1, 0.15) is 10.8 Å². The molecule has 0 amide bonds. The summed E-state index contributed by atoms with van der Waals surface area (Å²) in [4.78, 5) is -0.329. The van der Waals surface area contributed by atoms with Crippen molar-refractivity contribution < 1.29 is 44.3 Å². The van der Waals surface area contributed by atoms with E-state index in [-0.39, 0.29) is 35.4 Å². The van der Waals surface area contributed by atoms with E-state index in [1.165, 1.54) is 23.1 Å². The first-order valence-corrected chi connectivity index (χ1v) is 14.2. The Hall–Kier alpha value is -2.43. The second-order valence-corrected chi connectivity index (χ2v) is 12.3. The zero-order chi connectivity index (χ0) is 28.1. The molecule has 38 heavy (non-hydrogen) atoms. The molecule has 4 rings (SSSR count). The highest BCUT2D eigenvalue weighted by atomic mass is 32.2. The molecule has 1 aliphatic heterocycles. The van der Waals surface area contributed by atoms with Crippen molar-refractivity contribution in [2.75, 3.05) is 10.6 Å². The molecule has 0 bridgehead atoms. The first-order valence-electron chi connectivity index (χ1n) is 10.7. The summed E-state index contributed by atoms with van der Waals surface area (Å²) in [6, 6.07) is 4.77. The molecule has 0 aliphatic carbocycles. The van der Waals surface area contributed by atoms with Crippen molar-refractivity contribution in [1.29, 1.82) is 0 Å². The van der Waals surface area contributed by atoms with E-state index in [9.17, 15) is 44.3 Å². The summed E-state index contributed by atoms with van der Waals surface area (Å²) in [6.07, 6.45) is -10.4. The SMILES string of the molecule is CSc1nnc(CC2CCc3cc(C(O)(C(F)(F)F)C(F)(F)F)ccc3N2S(=O)(=O)c2ccc(F)cc2)s1. The molecule has 0 saturated heterocycles. The highest BCUT2D eigenvalue weighted by molar-refractivity contribution is 8.00. The predicted molar refractivity (Wildman–Crippen MR) is 126 cm³/mol. The van der Waals surface area contributed by atoms with Crippen LogP contribution in [0.25, 0.3) is 0 Å². The maximum Gasteiger partial charge on any atom is 0.430 e. The third kappa shape index (κ3) is 4.98. The Balaban J connectivity index is 1.85. The molecule has 1 unspecified atom stereocenters. The number of rotatable bonds is 6. The fourth-order valence-electron chi connectivity index (χ4n) is 4.19. The van der Waals surface area contributed by atoms with Gasteiger partial charge in [-0.1, -0.05) is 35.2 Å². The van der Waals surface area contributed by atoms with Crippen LogP contribution in [0, 0.1) is 5.82 Å². The lowest BCUT2D eigenvalue weighted by Crippen LogP contribution is -2.54. The van der Waals surface area contributed by atoms with Crippen LogP contribution >= 0.6 is 23.1 Å². The average molecular weight is 602 g/mol. The number of benzene rings is 2. The molecule has 6 nitrogen and oxygen atoms in total. The van der Waals surface area contributed by atoms with E-state index >= 15 is 0 Å². The summed E-state index contributed by atoms with van der Waals surface area (Å²) in [7, 11) is -4.45. The Labute approximate surface area is 220 Å². The van der Waals surface area contributed by atoms with Crippen molar-refractivity contribution in [1.82, 2.24) is 10.2 Å². The number of anilines is 1. The van der Waals surface area contributed by atoms with Crippen molar-refractivity contribution in [3.8, 4) is 0 Å². The highest BCUT2D eigenvalue weighted by Gasteiger charge is 2.71. The van der Waals surface area contributed by atoms with Gasteiger partial charge in [0, 0.05) is 12.0 Å². The number of sulfonamides is 1. The van der Waals surface area contributed by atoms with Crippen LogP contribution in [0.15, 0.2) is 51.7 Å². The van der Waals surface area contributed by atoms with Gasteiger partial charge in [0.05, 0.1) is 16.6 Å². The zero-order valence-electron chi connectivity index (χ0n) is 19.2. The van der Waals surface area contributed by atoms with E-state index in [4.69, 9.17) is 0 Å². The lowest BCUT2D eigenvalue weighted by Gasteiger charge is -2.39. The van der Waals surface area contributed by atoms with Gasteiger partial charge in [-0.3, -0.25) is 4.31 Å². The summed E-state index contributed by atoms with van der Waals surface area (Å²) in [5, 5.41) is 18.3. The van der Waals surface area contributed by atoms with Gasteiger partial charge < -0.3 is 5.11 Å². The van der Waals surface area contributed by atoms with Gasteiger partial charge in [-0.05, 0) is 55.0 Å². The first kappa shape index (κ1) is 28.6. The van der Waals surface area contributed by atoms with Gasteiger partial charge in [-0.25, -0.2) is 12.8 Å². The molecule has 1 aliphatic rings. The van der Waals surface area contributed by atoms with E-state index in [2.05, 4.69) is 10.2 Å². The van der Waals surface area contributed by atoms with Crippen LogP contribution in [0.2, 0.25) is 0 Å². The molecule has 0 fully saturated rings. The summed E-state index contributed by atoms with van der Waals surface area (Å²) in [5.41, 5.74) is -6.94. The van der Waals surface area contributed by atoms with E-state index < -0.39 is 45.4 Å². The van der Waals surface area contributed by atoms with E-state index in [0.29, 0.717) is 21.5 Å². The summed E-state index contributed by atoms with van der Waals surface area (Å²) >= 11 is 2.54. The predicted octanol–water partition coefficient (Wildman–Crippen LogP) is 5.46. The first-order chi connectivity index (χ1) is 17.6. The number of hydrogen-bond donors (Lipinski definition) is 1. The van der Waals surface area contributed by atoms with Gasteiger partial charge in [-0.2, -0.15) is 26.3 Å². The summed E-state index contributed by atoms with van der Waals surface area (Å²) < 4.78 is 123. The molecular formula is C22H18F7N3O3S3. The van der Waals surface area contributed by atoms with Crippen molar-refractivity contribution in [2.45, 2.75) is 52.5 Å². The monoisotopic (exact) mass is 601 g/mol. The largest absolute Gasteiger partial charge is 0.430 e. The third-order valence-electron chi connectivity index (χ3n) is 6.04. The number of hydrogen-bond acceptors (Lipinski definition) is 7. The minimum absolute atomic E-state index is 0.0154. The lowest BCUT2D eigenvalue weighted by atomic mass is 9.87. The van der Waals surface area contributed by atoms with Crippen LogP contribution in [0.3, 0.4) is 0 Å². The Bertz CT molecular complexity index is 1410. The molecule has 2 aromatic carbocycles. The van der Waals surface area contributed by atoms with Gasteiger partial charge in [0.2, 0.25) is 0 Å². The molecule has 0 radical (unpaired) electrons. The zero-order valence-corrected chi connectivity index (χ0v) is 21.7. The van der Waals surface area contributed by atoms with Crippen LogP contribution in [0.5, 0.6) is 0 Å². The number of fused-ring (bicyclic) bond motifs is 1. The van der Waals surface area contributed by atoms with Gasteiger partial charge >= 0.3 is 12.4 Å². The minimum atomic E-state index is -6.09. The summed E-state index contributed by atoms with van der Waals surface area (Å²) in [5.74, 6) is -0.707. The van der Waals surface area contributed by atoms with Gasteiger partial charge in [0.25, 0.3) is 15.6 Å². The van der Waals surface area contributed by atoms with Crippen LogP contribution in [-0.4, -0.2) is 48.4 Å². The fraction of sp³-hybridized carbons (Fsp3) is 0.364. The highest BCUT2D eigenvalue weighted by Crippen LogP contribution is 2.51. The quantitative estimate of drug-likeness (QED) is 0.298. The smallest absolute Gasteiger partial charge is 0.369 e. The van der Waals surface area contributed by atoms with Crippen molar-refractivity contribution in [3.05, 3.63) is 64.4 Å². The maximum absolute atomic E-state index is 13.7. The molecule has 206 valence electrons. The number of thioether (sulfide) groups is 1. The Morgan fingerprint density at radius 1 is 1.05 bits per heavy atom. The van der Waals surface area contributed by atoms with Crippen LogP contribution in [-0.2, 0) is 28.5 Å². The fourth-order valence-corrected chi connectivity index (χ4v) is 7.29. The van der Waals surface area contributed by atoms with Crippen LogP contribution in [0.1, 0.15) is 22.6 Å². The molecule has 1 N–H and O–H groups in total. The molecule has 2 heterocycles. The topological polar surface area (TPSA) is 83.4 Å². The van der Waals surface area contributed by atoms with Crippen molar-refractivity contribution in [2.24, 2.45) is 0 Å². The van der Waals surface area contributed by atoms with Crippen LogP contribution in [0.4, 0.5) is 36.4 Å². The number of halogens is 7. The van der Waals surface area contributed by atoms with Gasteiger partial charge in [0.15, 0.2) is 4.34 Å². The maximum atomic E-state index is 13.7. The Morgan fingerprint density at radius 2 is 1.68 bits per heavy atom. The second kappa shape index (κ2) is 9.95. The molecular weight excluding hydrogens is 583 g/mol. The van der Waals surface area contributed by atoms with E-state index in [1.807, 2.05) is 0 Å². The number of aryl methyl sites for hydroxylation is 1. The van der Waals surface area contributed by atoms with E-state index in [1.54, 1.807) is 6.26 Å². The molecule has 0 spiro atoms. The standard InChI is InChI=1S/C22H18F7N3O3S3/c1-36-19-31-30-18(37-19)11-15-6-2-12-10-13(20(33,21(24,25)26)22(27,28)29)3-9-17(12)32(15)38(34,35)16-7-4-14(23)5-8-16/h3-5,7-10,15,33H,2,6,11H2,1H3. The van der Waals surface area contributed by atoms with E-state index in [0.717, 1.165) is 34.6 Å². The number of aliphatic hydroxyl groups is 1. The number of nitrogens with zero attached hydrogens (tertiary/aromatic N) is 3. The number of alkyl halides is 6. The molecule has 16 heteroatoms. The molecule has 1 atom stereocenters. The molecule has 1 aromatic heterocycles. The van der Waals surface area contributed by atoms with Crippen molar-refractivity contribution in [3.63, 3.8) is 0 Å². The Morgan fingerprint density at radius 3 is 2.24 bits per heavy atom. The normalized spacial score (nSPS) is 17.0. The van der Waals surface area contributed by atoms with Crippen molar-refractivity contribution >= 4 is 38.8 Å². The van der Waals surface area contributed by atoms with Crippen LogP contribution < -0.4 is 4.31 Å². The minimum Gasteiger partial charge on any atom is -0.369 e. The molecule has 3 aromatic rings. The second-order valence-electron chi connectivity index (χ2n) is 8.37. The van der Waals surface area contributed by atoms with Gasteiger partial charge in [-0.15, -0.1) is 10.2 Å². The lowest BCUT2D eigenvalue weighted by molar-refractivity contribution is -0.376. The number of aromatic nitrogens is 2. The molecule has 0 saturated carbocycles.